The van der Waals surface area contributed by atoms with Crippen LogP contribution in [0.25, 0.3) is 0 Å². The van der Waals surface area contributed by atoms with E-state index in [0.29, 0.717) is 12.3 Å². The summed E-state index contributed by atoms with van der Waals surface area (Å²) < 4.78 is 11.5. The molecule has 0 aromatic heterocycles. The summed E-state index contributed by atoms with van der Waals surface area (Å²) in [6.45, 7) is 0.748. The summed E-state index contributed by atoms with van der Waals surface area (Å²) >= 11 is 17.3. The van der Waals surface area contributed by atoms with Crippen molar-refractivity contribution in [2.75, 3.05) is 6.61 Å². The van der Waals surface area contributed by atoms with E-state index in [-0.39, 0.29) is 4.58 Å². The van der Waals surface area contributed by atoms with Crippen LogP contribution in [0, 0.1) is 5.92 Å². The van der Waals surface area contributed by atoms with Gasteiger partial charge in [-0.15, -0.1) is 23.5 Å². The van der Waals surface area contributed by atoms with E-state index in [4.69, 9.17) is 32.3 Å². The molecule has 0 radical (unpaired) electrons. The van der Waals surface area contributed by atoms with Crippen molar-refractivity contribution < 1.29 is 4.74 Å². The Labute approximate surface area is 231 Å². The lowest BCUT2D eigenvalue weighted by Gasteiger charge is -2.23. The lowest BCUT2D eigenvalue weighted by molar-refractivity contribution is 0.196. The summed E-state index contributed by atoms with van der Waals surface area (Å²) in [7, 11) is 0. The third kappa shape index (κ3) is 9.62. The number of rotatable bonds is 10. The Morgan fingerprint density at radius 2 is 1.34 bits per heavy atom. The highest BCUT2D eigenvalue weighted by Crippen LogP contribution is 2.39. The number of benzene rings is 3. The molecule has 184 valence electrons. The first-order valence-electron chi connectivity index (χ1n) is 11.9. The van der Waals surface area contributed by atoms with Crippen molar-refractivity contribution in [2.45, 2.75) is 57.8 Å². The molecule has 2 nitrogen and oxygen atoms in total. The van der Waals surface area contributed by atoms with Gasteiger partial charge in [0, 0.05) is 43.1 Å². The van der Waals surface area contributed by atoms with Gasteiger partial charge in [-0.3, -0.25) is 0 Å². The van der Waals surface area contributed by atoms with E-state index in [1.54, 1.807) is 0 Å². The highest BCUT2D eigenvalue weighted by atomic mass is 35.5. The van der Waals surface area contributed by atoms with E-state index in [9.17, 15) is 0 Å². The highest BCUT2D eigenvalue weighted by molar-refractivity contribution is 8.17. The zero-order valence-corrected chi connectivity index (χ0v) is 23.4. The second-order valence-corrected chi connectivity index (χ2v) is 13.0. The second kappa shape index (κ2) is 14.5. The monoisotopic (exact) mass is 561 g/mol. The van der Waals surface area contributed by atoms with Crippen molar-refractivity contribution >= 4 is 64.6 Å². The van der Waals surface area contributed by atoms with Gasteiger partial charge in [0.05, 0.1) is 11.2 Å². The average molecular weight is 563 g/mol. The molecule has 0 heterocycles. The van der Waals surface area contributed by atoms with E-state index >= 15 is 0 Å². The highest BCUT2D eigenvalue weighted by Gasteiger charge is 2.20. The Bertz CT molecular complexity index is 1010. The zero-order chi connectivity index (χ0) is 24.3. The van der Waals surface area contributed by atoms with E-state index in [2.05, 4.69) is 36.4 Å². The summed E-state index contributed by atoms with van der Waals surface area (Å²) in [5.41, 5.74) is 0. The van der Waals surface area contributed by atoms with Crippen LogP contribution in [0.5, 0.6) is 0 Å². The smallest absolute Gasteiger partial charge is 0.197 e. The van der Waals surface area contributed by atoms with E-state index in [1.807, 2.05) is 66.0 Å². The Balaban J connectivity index is 1.51. The molecule has 0 bridgehead atoms. The van der Waals surface area contributed by atoms with Crippen molar-refractivity contribution in [1.82, 2.24) is 0 Å². The molecule has 1 aliphatic carbocycles. The molecule has 0 amide bonds. The molecule has 3 aromatic rings. The first kappa shape index (κ1) is 26.8. The molecule has 7 heteroatoms. The van der Waals surface area contributed by atoms with Crippen LogP contribution >= 0.6 is 58.7 Å². The maximum absolute atomic E-state index is 6.41. The first-order chi connectivity index (χ1) is 17.1. The van der Waals surface area contributed by atoms with Crippen molar-refractivity contribution in [3.8, 4) is 0 Å². The Hall–Kier alpha value is -1.24. The number of hydrogen-bond donors (Lipinski definition) is 0. The topological polar surface area (TPSA) is 21.6 Å². The van der Waals surface area contributed by atoms with E-state index < -0.39 is 0 Å². The number of nitrogens with zero attached hydrogens (tertiary/aromatic N) is 1. The van der Waals surface area contributed by atoms with Gasteiger partial charge in [0.2, 0.25) is 0 Å². The SMILES string of the molecule is Clc1ccc(SC(CC(=NSc2ccccc2)OCC2CCCCC2)Sc2ccc(Cl)cc2)cc1. The van der Waals surface area contributed by atoms with Crippen molar-refractivity contribution in [3.63, 3.8) is 0 Å². The summed E-state index contributed by atoms with van der Waals surface area (Å²) in [6, 6.07) is 26.3. The minimum absolute atomic E-state index is 0.179. The zero-order valence-electron chi connectivity index (χ0n) is 19.4. The normalized spacial score (nSPS) is 14.9. The molecule has 4 rings (SSSR count). The molecule has 1 fully saturated rings. The summed E-state index contributed by atoms with van der Waals surface area (Å²) in [5.74, 6) is 1.43. The van der Waals surface area contributed by atoms with Gasteiger partial charge in [0.1, 0.15) is 0 Å². The van der Waals surface area contributed by atoms with Crippen molar-refractivity contribution in [2.24, 2.45) is 10.3 Å². The molecule has 3 aromatic carbocycles. The van der Waals surface area contributed by atoms with Crippen LogP contribution in [0.1, 0.15) is 38.5 Å². The predicted octanol–water partition coefficient (Wildman–Crippen LogP) is 10.3. The number of hydrogen-bond acceptors (Lipinski definition) is 5. The Morgan fingerprint density at radius 3 is 1.91 bits per heavy atom. The summed E-state index contributed by atoms with van der Waals surface area (Å²) in [5, 5.41) is 1.49. The fraction of sp³-hybridized carbons (Fsp3) is 0.321. The fourth-order valence-electron chi connectivity index (χ4n) is 3.86. The molecule has 0 unspecified atom stereocenters. The second-order valence-electron chi connectivity index (χ2n) is 8.48. The van der Waals surface area contributed by atoms with Gasteiger partial charge in [-0.25, -0.2) is 0 Å². The maximum Gasteiger partial charge on any atom is 0.197 e. The molecular weight excluding hydrogens is 533 g/mol. The number of thioether (sulfide) groups is 2. The van der Waals surface area contributed by atoms with Gasteiger partial charge in [-0.1, -0.05) is 60.7 Å². The summed E-state index contributed by atoms with van der Waals surface area (Å²) in [6.07, 6.45) is 7.18. The van der Waals surface area contributed by atoms with Gasteiger partial charge in [0.15, 0.2) is 5.90 Å². The maximum atomic E-state index is 6.41. The minimum atomic E-state index is 0.179. The number of halogens is 2. The molecular formula is C28H29Cl2NOS3. The molecule has 0 saturated heterocycles. The summed E-state index contributed by atoms with van der Waals surface area (Å²) in [4.78, 5) is 3.45. The number of ether oxygens (including phenoxy) is 1. The minimum Gasteiger partial charge on any atom is -0.480 e. The fourth-order valence-corrected chi connectivity index (χ4v) is 7.23. The molecule has 0 atom stereocenters. The van der Waals surface area contributed by atoms with Crippen LogP contribution in [-0.4, -0.2) is 17.1 Å². The van der Waals surface area contributed by atoms with Crippen LogP contribution in [0.3, 0.4) is 0 Å². The van der Waals surface area contributed by atoms with Gasteiger partial charge in [-0.05, 0) is 79.4 Å². The van der Waals surface area contributed by atoms with Crippen LogP contribution in [-0.2, 0) is 4.74 Å². The lowest BCUT2D eigenvalue weighted by atomic mass is 9.90. The van der Waals surface area contributed by atoms with Gasteiger partial charge < -0.3 is 4.74 Å². The molecule has 0 spiro atoms. The van der Waals surface area contributed by atoms with Crippen molar-refractivity contribution in [3.05, 3.63) is 88.9 Å². The molecule has 1 aliphatic rings. The van der Waals surface area contributed by atoms with Gasteiger partial charge in [-0.2, -0.15) is 4.40 Å². The van der Waals surface area contributed by atoms with E-state index in [1.165, 1.54) is 53.8 Å². The van der Waals surface area contributed by atoms with Crippen LogP contribution < -0.4 is 0 Å². The standard InChI is InChI=1S/C28H29Cl2NOS3/c29-22-11-15-24(16-12-22)33-28(34-25-17-13-23(30)14-18-25)19-27(31-35-26-9-5-2-6-10-26)32-20-21-7-3-1-4-8-21/h2,5-6,9-18,21,28H,1,3-4,7-8,19-20H2. The largest absolute Gasteiger partial charge is 0.480 e. The van der Waals surface area contributed by atoms with Gasteiger partial charge in [0.25, 0.3) is 0 Å². The third-order valence-corrected chi connectivity index (χ3v) is 9.52. The quantitative estimate of drug-likeness (QED) is 0.0806. The van der Waals surface area contributed by atoms with Crippen LogP contribution in [0.15, 0.2) is 97.9 Å². The molecule has 1 saturated carbocycles. The predicted molar refractivity (Wildman–Crippen MR) is 155 cm³/mol. The van der Waals surface area contributed by atoms with E-state index in [0.717, 1.165) is 27.4 Å². The molecule has 0 aliphatic heterocycles. The first-order valence-corrected chi connectivity index (χ1v) is 15.2. The molecule has 0 N–H and O–H groups in total. The van der Waals surface area contributed by atoms with Crippen LogP contribution in [0.2, 0.25) is 10.0 Å². The average Bonchev–Trinajstić information content (AvgIpc) is 2.89. The third-order valence-electron chi connectivity index (χ3n) is 5.71. The molecule has 35 heavy (non-hydrogen) atoms. The Kier molecular flexibility index (Phi) is 11.1. The Morgan fingerprint density at radius 1 is 0.771 bits per heavy atom. The van der Waals surface area contributed by atoms with Crippen LogP contribution in [0.4, 0.5) is 0 Å². The van der Waals surface area contributed by atoms with Crippen molar-refractivity contribution in [1.29, 1.82) is 0 Å². The van der Waals surface area contributed by atoms with Gasteiger partial charge >= 0.3 is 0 Å². The lowest BCUT2D eigenvalue weighted by Crippen LogP contribution is -2.18.